The Labute approximate surface area is 122 Å². The summed E-state index contributed by atoms with van der Waals surface area (Å²) in [6.07, 6.45) is 4.84. The molecule has 0 aromatic heterocycles. The topological polar surface area (TPSA) is 41.5 Å². The first-order valence-corrected chi connectivity index (χ1v) is 7.84. The van der Waals surface area contributed by atoms with Gasteiger partial charge < -0.3 is 15.2 Å². The van der Waals surface area contributed by atoms with Crippen LogP contribution in [0.3, 0.4) is 0 Å². The van der Waals surface area contributed by atoms with E-state index >= 15 is 0 Å². The Bertz CT molecular complexity index is 390. The number of aliphatic hydroxyl groups excluding tert-OH is 1. The van der Waals surface area contributed by atoms with Gasteiger partial charge in [0.05, 0.1) is 6.61 Å². The van der Waals surface area contributed by atoms with Crippen molar-refractivity contribution >= 4 is 0 Å². The van der Waals surface area contributed by atoms with Crippen LogP contribution in [0, 0.1) is 5.92 Å². The SMILES string of the molecule is CCOc1ccc(C(C)NC2CCCCC2CO)cc1. The summed E-state index contributed by atoms with van der Waals surface area (Å²) in [4.78, 5) is 0. The molecule has 2 N–H and O–H groups in total. The maximum absolute atomic E-state index is 9.48. The van der Waals surface area contributed by atoms with Crippen LogP contribution >= 0.6 is 0 Å². The van der Waals surface area contributed by atoms with Gasteiger partial charge in [-0.3, -0.25) is 0 Å². The average Bonchev–Trinajstić information content (AvgIpc) is 2.49. The monoisotopic (exact) mass is 277 g/mol. The second-order valence-electron chi connectivity index (χ2n) is 5.72. The number of rotatable bonds is 6. The third kappa shape index (κ3) is 3.97. The van der Waals surface area contributed by atoms with Crippen LogP contribution in [-0.4, -0.2) is 24.4 Å². The van der Waals surface area contributed by atoms with E-state index in [2.05, 4.69) is 24.4 Å². The van der Waals surface area contributed by atoms with E-state index in [1.54, 1.807) is 0 Å². The predicted molar refractivity (Wildman–Crippen MR) is 82.0 cm³/mol. The second kappa shape index (κ2) is 7.65. The number of hydrogen-bond acceptors (Lipinski definition) is 3. The molecule has 0 aliphatic heterocycles. The largest absolute Gasteiger partial charge is 0.494 e. The van der Waals surface area contributed by atoms with E-state index in [-0.39, 0.29) is 0 Å². The summed E-state index contributed by atoms with van der Waals surface area (Å²) < 4.78 is 5.47. The summed E-state index contributed by atoms with van der Waals surface area (Å²) in [6, 6.07) is 9.06. The first-order chi connectivity index (χ1) is 9.74. The van der Waals surface area contributed by atoms with Crippen molar-refractivity contribution in [2.24, 2.45) is 5.92 Å². The molecule has 1 aliphatic rings. The van der Waals surface area contributed by atoms with Crippen molar-refractivity contribution in [3.8, 4) is 5.75 Å². The van der Waals surface area contributed by atoms with Gasteiger partial charge in [0.15, 0.2) is 0 Å². The third-order valence-electron chi connectivity index (χ3n) is 4.30. The zero-order valence-corrected chi connectivity index (χ0v) is 12.6. The maximum Gasteiger partial charge on any atom is 0.119 e. The average molecular weight is 277 g/mol. The number of nitrogens with one attached hydrogen (secondary N) is 1. The number of aliphatic hydroxyl groups is 1. The van der Waals surface area contributed by atoms with Gasteiger partial charge in [-0.1, -0.05) is 25.0 Å². The van der Waals surface area contributed by atoms with Gasteiger partial charge in [-0.05, 0) is 50.3 Å². The molecule has 1 aromatic rings. The lowest BCUT2D eigenvalue weighted by molar-refractivity contribution is 0.147. The Morgan fingerprint density at radius 2 is 1.95 bits per heavy atom. The maximum atomic E-state index is 9.48. The zero-order valence-electron chi connectivity index (χ0n) is 12.6. The Morgan fingerprint density at radius 1 is 1.25 bits per heavy atom. The number of benzene rings is 1. The van der Waals surface area contributed by atoms with Crippen LogP contribution in [-0.2, 0) is 0 Å². The Hall–Kier alpha value is -1.06. The standard InChI is InChI=1S/C17H27NO2/c1-3-20-16-10-8-14(9-11-16)13(2)18-17-7-5-4-6-15(17)12-19/h8-11,13,15,17-19H,3-7,12H2,1-2H3. The molecule has 112 valence electrons. The molecule has 0 radical (unpaired) electrons. The highest BCUT2D eigenvalue weighted by Gasteiger charge is 2.25. The molecule has 1 aromatic carbocycles. The van der Waals surface area contributed by atoms with Crippen LogP contribution in [0.4, 0.5) is 0 Å². The molecular formula is C17H27NO2. The zero-order chi connectivity index (χ0) is 14.4. The molecule has 1 aliphatic carbocycles. The minimum absolute atomic E-state index is 0.299. The van der Waals surface area contributed by atoms with Crippen molar-refractivity contribution in [2.75, 3.05) is 13.2 Å². The smallest absolute Gasteiger partial charge is 0.119 e. The first kappa shape index (κ1) is 15.3. The lowest BCUT2D eigenvalue weighted by Gasteiger charge is -2.33. The van der Waals surface area contributed by atoms with Gasteiger partial charge in [-0.25, -0.2) is 0 Å². The Morgan fingerprint density at radius 3 is 2.60 bits per heavy atom. The van der Waals surface area contributed by atoms with Crippen molar-refractivity contribution < 1.29 is 9.84 Å². The predicted octanol–water partition coefficient (Wildman–Crippen LogP) is 3.29. The van der Waals surface area contributed by atoms with E-state index in [0.717, 1.165) is 12.2 Å². The van der Waals surface area contributed by atoms with Crippen LogP contribution in [0.1, 0.15) is 51.1 Å². The second-order valence-corrected chi connectivity index (χ2v) is 5.72. The van der Waals surface area contributed by atoms with Crippen molar-refractivity contribution in [1.82, 2.24) is 5.32 Å². The molecule has 20 heavy (non-hydrogen) atoms. The molecule has 3 heteroatoms. The van der Waals surface area contributed by atoms with Crippen molar-refractivity contribution in [3.63, 3.8) is 0 Å². The highest BCUT2D eigenvalue weighted by Crippen LogP contribution is 2.27. The Balaban J connectivity index is 1.94. The molecule has 3 atom stereocenters. The quantitative estimate of drug-likeness (QED) is 0.838. The molecule has 3 unspecified atom stereocenters. The number of hydrogen-bond donors (Lipinski definition) is 2. The summed E-state index contributed by atoms with van der Waals surface area (Å²) in [5.74, 6) is 1.34. The lowest BCUT2D eigenvalue weighted by atomic mass is 9.84. The van der Waals surface area contributed by atoms with E-state index in [0.29, 0.717) is 31.2 Å². The molecule has 0 saturated heterocycles. The van der Waals surface area contributed by atoms with Gasteiger partial charge in [0.2, 0.25) is 0 Å². The minimum atomic E-state index is 0.299. The van der Waals surface area contributed by atoms with Crippen LogP contribution in [0.2, 0.25) is 0 Å². The van der Waals surface area contributed by atoms with Crippen LogP contribution in [0.15, 0.2) is 24.3 Å². The highest BCUT2D eigenvalue weighted by atomic mass is 16.5. The molecule has 3 nitrogen and oxygen atoms in total. The molecule has 1 saturated carbocycles. The molecular weight excluding hydrogens is 250 g/mol. The fraction of sp³-hybridized carbons (Fsp3) is 0.647. The van der Waals surface area contributed by atoms with E-state index in [4.69, 9.17) is 4.74 Å². The Kier molecular flexibility index (Phi) is 5.86. The minimum Gasteiger partial charge on any atom is -0.494 e. The van der Waals surface area contributed by atoms with Gasteiger partial charge in [0, 0.05) is 18.7 Å². The molecule has 0 spiro atoms. The fourth-order valence-electron chi connectivity index (χ4n) is 3.08. The third-order valence-corrected chi connectivity index (χ3v) is 4.30. The molecule has 2 rings (SSSR count). The van der Waals surface area contributed by atoms with E-state index in [1.165, 1.54) is 24.8 Å². The van der Waals surface area contributed by atoms with E-state index in [9.17, 15) is 5.11 Å². The van der Waals surface area contributed by atoms with Crippen molar-refractivity contribution in [3.05, 3.63) is 29.8 Å². The van der Waals surface area contributed by atoms with E-state index < -0.39 is 0 Å². The summed E-state index contributed by atoms with van der Waals surface area (Å²) in [5, 5.41) is 13.2. The summed E-state index contributed by atoms with van der Waals surface area (Å²) in [5.41, 5.74) is 1.27. The first-order valence-electron chi connectivity index (χ1n) is 7.84. The van der Waals surface area contributed by atoms with E-state index in [1.807, 2.05) is 19.1 Å². The van der Waals surface area contributed by atoms with Gasteiger partial charge >= 0.3 is 0 Å². The fourth-order valence-corrected chi connectivity index (χ4v) is 3.08. The molecule has 0 bridgehead atoms. The summed E-state index contributed by atoms with van der Waals surface area (Å²) >= 11 is 0. The lowest BCUT2D eigenvalue weighted by Crippen LogP contribution is -2.41. The molecule has 1 fully saturated rings. The number of ether oxygens (including phenoxy) is 1. The van der Waals surface area contributed by atoms with Crippen LogP contribution < -0.4 is 10.1 Å². The molecule has 0 amide bonds. The van der Waals surface area contributed by atoms with Gasteiger partial charge in [0.25, 0.3) is 0 Å². The van der Waals surface area contributed by atoms with Crippen molar-refractivity contribution in [2.45, 2.75) is 51.6 Å². The summed E-state index contributed by atoms with van der Waals surface area (Å²) in [6.45, 7) is 5.19. The summed E-state index contributed by atoms with van der Waals surface area (Å²) in [7, 11) is 0. The van der Waals surface area contributed by atoms with Crippen LogP contribution in [0.25, 0.3) is 0 Å². The van der Waals surface area contributed by atoms with Gasteiger partial charge in [0.1, 0.15) is 5.75 Å². The normalized spacial score (nSPS) is 24.4. The van der Waals surface area contributed by atoms with Gasteiger partial charge in [-0.2, -0.15) is 0 Å². The van der Waals surface area contributed by atoms with Gasteiger partial charge in [-0.15, -0.1) is 0 Å². The molecule has 0 heterocycles. The highest BCUT2D eigenvalue weighted by molar-refractivity contribution is 5.29. The van der Waals surface area contributed by atoms with Crippen LogP contribution in [0.5, 0.6) is 5.75 Å². The van der Waals surface area contributed by atoms with Crippen molar-refractivity contribution in [1.29, 1.82) is 0 Å².